The van der Waals surface area contributed by atoms with Crippen molar-refractivity contribution in [3.63, 3.8) is 0 Å². The second-order valence-corrected chi connectivity index (χ2v) is 8.93. The van der Waals surface area contributed by atoms with Crippen molar-refractivity contribution in [2.45, 2.75) is 19.9 Å². The number of hydrogen-bond acceptors (Lipinski definition) is 4. The molecule has 1 aromatic carbocycles. The molecular weight excluding hydrogens is 346 g/mol. The number of benzene rings is 1. The minimum absolute atomic E-state index is 0.762. The molecule has 0 unspecified atom stereocenters. The van der Waals surface area contributed by atoms with Crippen LogP contribution in [0.3, 0.4) is 0 Å². The Morgan fingerprint density at radius 2 is 1.79 bits per heavy atom. The SMILES string of the molecule is C[C@H]1CN(Cc2cn(C)nc2-c2ccccc2)C[C@H]1CN1CCCN(C)CC1. The van der Waals surface area contributed by atoms with Crippen molar-refractivity contribution in [3.05, 3.63) is 42.1 Å². The number of rotatable bonds is 5. The molecule has 4 rings (SSSR count). The molecule has 0 amide bonds. The van der Waals surface area contributed by atoms with Gasteiger partial charge in [0.05, 0.1) is 5.69 Å². The molecule has 0 bridgehead atoms. The summed E-state index contributed by atoms with van der Waals surface area (Å²) in [6, 6.07) is 10.6. The fourth-order valence-electron chi connectivity index (χ4n) is 4.86. The maximum atomic E-state index is 4.75. The first-order valence-corrected chi connectivity index (χ1v) is 10.8. The van der Waals surface area contributed by atoms with Crippen molar-refractivity contribution in [2.75, 3.05) is 52.9 Å². The third-order valence-corrected chi connectivity index (χ3v) is 6.49. The van der Waals surface area contributed by atoms with Gasteiger partial charge in [-0.2, -0.15) is 5.10 Å². The molecule has 2 fully saturated rings. The predicted molar refractivity (Wildman–Crippen MR) is 115 cm³/mol. The molecule has 2 aliphatic rings. The van der Waals surface area contributed by atoms with Crippen molar-refractivity contribution in [1.29, 1.82) is 0 Å². The first kappa shape index (κ1) is 19.6. The summed E-state index contributed by atoms with van der Waals surface area (Å²) in [4.78, 5) is 7.81. The normalized spacial score (nSPS) is 25.2. The maximum absolute atomic E-state index is 4.75. The van der Waals surface area contributed by atoms with Gasteiger partial charge in [0.1, 0.15) is 0 Å². The van der Waals surface area contributed by atoms with Crippen LogP contribution >= 0.6 is 0 Å². The Morgan fingerprint density at radius 1 is 0.964 bits per heavy atom. The van der Waals surface area contributed by atoms with Gasteiger partial charge in [-0.1, -0.05) is 37.3 Å². The fraction of sp³-hybridized carbons (Fsp3) is 0.609. The molecule has 152 valence electrons. The maximum Gasteiger partial charge on any atom is 0.0968 e. The van der Waals surface area contributed by atoms with E-state index in [4.69, 9.17) is 5.10 Å². The monoisotopic (exact) mass is 381 g/mol. The van der Waals surface area contributed by atoms with Crippen molar-refractivity contribution >= 4 is 0 Å². The van der Waals surface area contributed by atoms with Crippen LogP contribution in [0.15, 0.2) is 36.5 Å². The zero-order valence-corrected chi connectivity index (χ0v) is 17.7. The van der Waals surface area contributed by atoms with Crippen LogP contribution < -0.4 is 0 Å². The van der Waals surface area contributed by atoms with E-state index in [9.17, 15) is 0 Å². The lowest BCUT2D eigenvalue weighted by atomic mass is 9.97. The highest BCUT2D eigenvalue weighted by atomic mass is 15.3. The quantitative estimate of drug-likeness (QED) is 0.796. The Kier molecular flexibility index (Phi) is 6.14. The lowest BCUT2D eigenvalue weighted by Crippen LogP contribution is -2.35. The molecule has 2 atom stereocenters. The summed E-state index contributed by atoms with van der Waals surface area (Å²) in [7, 11) is 4.28. The molecule has 0 aliphatic carbocycles. The van der Waals surface area contributed by atoms with E-state index in [0.717, 1.165) is 24.1 Å². The summed E-state index contributed by atoms with van der Waals surface area (Å²) < 4.78 is 1.96. The van der Waals surface area contributed by atoms with Gasteiger partial charge < -0.3 is 9.80 Å². The van der Waals surface area contributed by atoms with E-state index in [1.165, 1.54) is 63.4 Å². The average molecular weight is 382 g/mol. The molecule has 0 radical (unpaired) electrons. The number of aromatic nitrogens is 2. The van der Waals surface area contributed by atoms with E-state index in [1.807, 2.05) is 11.7 Å². The Hall–Kier alpha value is -1.69. The van der Waals surface area contributed by atoms with Crippen LogP contribution in [-0.4, -0.2) is 77.3 Å². The molecule has 2 aliphatic heterocycles. The van der Waals surface area contributed by atoms with E-state index in [1.54, 1.807) is 0 Å². The molecule has 5 nitrogen and oxygen atoms in total. The highest BCUT2D eigenvalue weighted by Crippen LogP contribution is 2.28. The number of likely N-dealkylation sites (N-methyl/N-ethyl adjacent to an activating group) is 1. The van der Waals surface area contributed by atoms with Crippen LogP contribution in [0.25, 0.3) is 11.3 Å². The summed E-state index contributed by atoms with van der Waals surface area (Å²) in [5, 5.41) is 4.75. The predicted octanol–water partition coefficient (Wildman–Crippen LogP) is 2.79. The molecule has 2 aromatic rings. The van der Waals surface area contributed by atoms with E-state index in [-0.39, 0.29) is 0 Å². The smallest absolute Gasteiger partial charge is 0.0968 e. The van der Waals surface area contributed by atoms with Crippen LogP contribution in [0.4, 0.5) is 0 Å². The van der Waals surface area contributed by atoms with Gasteiger partial charge in [0.2, 0.25) is 0 Å². The van der Waals surface area contributed by atoms with Crippen LogP contribution in [-0.2, 0) is 13.6 Å². The van der Waals surface area contributed by atoms with Gasteiger partial charge in [0.25, 0.3) is 0 Å². The minimum Gasteiger partial charge on any atom is -0.305 e. The summed E-state index contributed by atoms with van der Waals surface area (Å²) in [6.07, 6.45) is 3.50. The van der Waals surface area contributed by atoms with Crippen LogP contribution in [0, 0.1) is 11.8 Å². The van der Waals surface area contributed by atoms with Gasteiger partial charge in [-0.3, -0.25) is 9.58 Å². The Bertz CT molecular complexity index is 756. The van der Waals surface area contributed by atoms with Gasteiger partial charge >= 0.3 is 0 Å². The topological polar surface area (TPSA) is 27.5 Å². The first-order chi connectivity index (χ1) is 13.6. The van der Waals surface area contributed by atoms with Crippen LogP contribution in [0.1, 0.15) is 18.9 Å². The summed E-state index contributed by atoms with van der Waals surface area (Å²) >= 11 is 0. The minimum atomic E-state index is 0.762. The van der Waals surface area contributed by atoms with Crippen molar-refractivity contribution in [1.82, 2.24) is 24.5 Å². The molecular formula is C23H35N5. The number of aryl methyl sites for hydroxylation is 1. The fourth-order valence-corrected chi connectivity index (χ4v) is 4.86. The largest absolute Gasteiger partial charge is 0.305 e. The van der Waals surface area contributed by atoms with E-state index in [0.29, 0.717) is 0 Å². The van der Waals surface area contributed by atoms with Gasteiger partial charge in [0.15, 0.2) is 0 Å². The van der Waals surface area contributed by atoms with Crippen molar-refractivity contribution < 1.29 is 0 Å². The molecule has 1 aromatic heterocycles. The van der Waals surface area contributed by atoms with E-state index in [2.05, 4.69) is 65.2 Å². The lowest BCUT2D eigenvalue weighted by molar-refractivity contribution is 0.217. The average Bonchev–Trinajstić information content (AvgIpc) is 3.14. The Labute approximate surface area is 169 Å². The molecule has 3 heterocycles. The zero-order valence-electron chi connectivity index (χ0n) is 17.7. The molecule has 0 spiro atoms. The second kappa shape index (κ2) is 8.76. The molecule has 0 saturated carbocycles. The highest BCUT2D eigenvalue weighted by molar-refractivity contribution is 5.62. The molecule has 0 N–H and O–H groups in total. The third-order valence-electron chi connectivity index (χ3n) is 6.49. The summed E-state index contributed by atoms with van der Waals surface area (Å²) in [5.74, 6) is 1.54. The molecule has 28 heavy (non-hydrogen) atoms. The van der Waals surface area contributed by atoms with Crippen LogP contribution in [0.2, 0.25) is 0 Å². The standard InChI is InChI=1S/C23H35N5/c1-19-14-28(17-21(19)16-27-11-7-10-25(2)12-13-27)18-22-15-26(3)24-23(22)20-8-5-4-6-9-20/h4-6,8-9,15,19,21H,7,10-14,16-18H2,1-3H3/t19-,21+/m0/s1. The first-order valence-electron chi connectivity index (χ1n) is 10.8. The molecule has 2 saturated heterocycles. The third kappa shape index (κ3) is 4.65. The number of hydrogen-bond donors (Lipinski definition) is 0. The number of nitrogens with zero attached hydrogens (tertiary/aromatic N) is 5. The lowest BCUT2D eigenvalue weighted by Gasteiger charge is -2.25. The van der Waals surface area contributed by atoms with Crippen molar-refractivity contribution in [3.8, 4) is 11.3 Å². The number of likely N-dealkylation sites (tertiary alicyclic amines) is 1. The molecule has 5 heteroatoms. The highest BCUT2D eigenvalue weighted by Gasteiger charge is 2.31. The van der Waals surface area contributed by atoms with Gasteiger partial charge in [-0.15, -0.1) is 0 Å². The Balaban J connectivity index is 1.39. The van der Waals surface area contributed by atoms with E-state index >= 15 is 0 Å². The Morgan fingerprint density at radius 3 is 2.61 bits per heavy atom. The van der Waals surface area contributed by atoms with Gasteiger partial charge in [-0.05, 0) is 38.4 Å². The summed E-state index contributed by atoms with van der Waals surface area (Å²) in [5.41, 5.74) is 3.70. The van der Waals surface area contributed by atoms with Crippen LogP contribution in [0.5, 0.6) is 0 Å². The summed E-state index contributed by atoms with van der Waals surface area (Å²) in [6.45, 7) is 12.0. The van der Waals surface area contributed by atoms with E-state index < -0.39 is 0 Å². The second-order valence-electron chi connectivity index (χ2n) is 8.93. The van der Waals surface area contributed by atoms with Gasteiger partial charge in [0, 0.05) is 63.6 Å². The van der Waals surface area contributed by atoms with Crippen molar-refractivity contribution in [2.24, 2.45) is 18.9 Å². The van der Waals surface area contributed by atoms with Gasteiger partial charge in [-0.25, -0.2) is 0 Å². The zero-order chi connectivity index (χ0) is 19.5.